The number of primary amides is 1. The van der Waals surface area contributed by atoms with Crippen LogP contribution >= 0.6 is 25.3 Å². The molecule has 0 unspecified atom stereocenters. The topological polar surface area (TPSA) is 215 Å². The predicted molar refractivity (Wildman–Crippen MR) is 337 cm³/mol. The predicted octanol–water partition coefficient (Wildman–Crippen LogP) is 12.9. The molecule has 0 bridgehead atoms. The molecule has 408 valence electrons. The zero-order valence-electron chi connectivity index (χ0n) is 44.7. The van der Waals surface area contributed by atoms with E-state index in [2.05, 4.69) is 163 Å². The van der Waals surface area contributed by atoms with Crippen molar-refractivity contribution in [2.45, 2.75) is 10.3 Å². The number of pyridine rings is 4. The summed E-state index contributed by atoms with van der Waals surface area (Å²) in [6.45, 7) is 0. The minimum atomic E-state index is -0.481. The Bertz CT molecular complexity index is 5400. The molecule has 0 atom stereocenters. The Kier molecular flexibility index (Phi) is 10.8. The molecule has 0 radical (unpaired) electrons. The van der Waals surface area contributed by atoms with E-state index in [0.29, 0.717) is 15.9 Å². The highest BCUT2D eigenvalue weighted by molar-refractivity contribution is 7.80. The zero-order chi connectivity index (χ0) is 57.3. The van der Waals surface area contributed by atoms with Crippen LogP contribution in [-0.2, 0) is 0 Å². The first-order chi connectivity index (χ1) is 42.3. The molecule has 0 aliphatic carbocycles. The highest BCUT2D eigenvalue weighted by atomic mass is 32.1. The molecule has 0 aliphatic heterocycles. The van der Waals surface area contributed by atoms with Crippen LogP contribution in [0.25, 0.3) is 144 Å². The molecule has 1 amide bonds. The fraction of sp³-hybridized carbons (Fsp3) is 0. The average Bonchev–Trinajstić information content (AvgIpc) is 1.82. The van der Waals surface area contributed by atoms with Crippen molar-refractivity contribution in [3.05, 3.63) is 218 Å². The molecule has 11 heterocycles. The summed E-state index contributed by atoms with van der Waals surface area (Å²) in [4.78, 5) is 31.3. The van der Waals surface area contributed by atoms with Gasteiger partial charge in [0.25, 0.3) is 0 Å². The van der Waals surface area contributed by atoms with Gasteiger partial charge in [-0.25, -0.2) is 0 Å². The van der Waals surface area contributed by atoms with Gasteiger partial charge in [0.1, 0.15) is 11.2 Å². The number of carbonyl (C=O) groups is 1. The standard InChI is InChI=1S/C36H20N12OS2.C29H19N5O/c50-35-39-41-43-47(35)21-5-9-27-25(17-21)33-29(3-1-13-37-33)45(27)19-7-11-31-23(15-19)24-16-20(8-12-32(24)49-31)46-28-10-6-22(48-36(51)40-42-44-48)18-26(28)34-30(46)4-2-14-38-34;30-29(35)18-15-19(33-23-9-3-1-7-21(23)27-25(33)11-5-13-31-27)17-20(16-18)34-24-10-4-2-8-22(24)28-26(34)12-6-14-32-28/h1-18H,(H,39,43,50)(H,40,44,51);1-17H,(H2,30,35). The molecule has 18 rings (SSSR count). The first-order valence-corrected chi connectivity index (χ1v) is 28.1. The van der Waals surface area contributed by atoms with Gasteiger partial charge in [0.2, 0.25) is 16.2 Å². The van der Waals surface area contributed by atoms with Crippen LogP contribution in [0, 0.1) is 0 Å². The number of nitrogens with zero attached hydrogens (tertiary/aromatic N) is 16. The Labute approximate surface area is 494 Å². The van der Waals surface area contributed by atoms with Crippen molar-refractivity contribution in [1.82, 2.24) is 78.6 Å². The minimum absolute atomic E-state index is 0.404. The summed E-state index contributed by atoms with van der Waals surface area (Å²) in [5.74, 6) is -0.481. The molecule has 2 N–H and O–H groups in total. The highest BCUT2D eigenvalue weighted by Crippen LogP contribution is 2.40. The Morgan fingerprint density at radius 1 is 0.360 bits per heavy atom. The van der Waals surface area contributed by atoms with Crippen LogP contribution in [0.4, 0.5) is 0 Å². The molecule has 7 aromatic carbocycles. The lowest BCUT2D eigenvalue weighted by Crippen LogP contribution is -2.12. The van der Waals surface area contributed by atoms with Gasteiger partial charge in [-0.05, 0) is 173 Å². The van der Waals surface area contributed by atoms with Crippen molar-refractivity contribution in [3.63, 3.8) is 0 Å². The van der Waals surface area contributed by atoms with E-state index >= 15 is 0 Å². The van der Waals surface area contributed by atoms with Gasteiger partial charge in [0.05, 0.1) is 77.6 Å². The lowest BCUT2D eigenvalue weighted by molar-refractivity contribution is 0.1000. The van der Waals surface area contributed by atoms with E-state index in [0.717, 1.165) is 144 Å². The number of aromatic nitrogens is 16. The Hall–Kier alpha value is -11.6. The fourth-order valence-electron chi connectivity index (χ4n) is 12.3. The van der Waals surface area contributed by atoms with E-state index in [1.807, 2.05) is 122 Å². The van der Waals surface area contributed by atoms with Crippen molar-refractivity contribution >= 4 is 141 Å². The zero-order valence-corrected chi connectivity index (χ0v) is 46.4. The van der Waals surface area contributed by atoms with Gasteiger partial charge in [-0.2, -0.15) is 9.36 Å². The van der Waals surface area contributed by atoms with Crippen molar-refractivity contribution in [3.8, 4) is 34.1 Å². The van der Waals surface area contributed by atoms with E-state index in [-0.39, 0.29) is 0 Å². The lowest BCUT2D eigenvalue weighted by atomic mass is 10.1. The van der Waals surface area contributed by atoms with Gasteiger partial charge >= 0.3 is 0 Å². The van der Waals surface area contributed by atoms with Gasteiger partial charge in [0, 0.05) is 85.4 Å². The van der Waals surface area contributed by atoms with Crippen LogP contribution in [0.3, 0.4) is 0 Å². The number of fused-ring (bicyclic) bond motifs is 15. The number of rotatable bonds is 7. The molecule has 86 heavy (non-hydrogen) atoms. The van der Waals surface area contributed by atoms with Crippen molar-refractivity contribution < 1.29 is 9.21 Å². The molecule has 0 saturated carbocycles. The summed E-state index contributed by atoms with van der Waals surface area (Å²) in [7, 11) is 0. The summed E-state index contributed by atoms with van der Waals surface area (Å²) in [5, 5.41) is 30.4. The number of carbonyl (C=O) groups excluding carboxylic acids is 1. The van der Waals surface area contributed by atoms with Crippen molar-refractivity contribution in [2.75, 3.05) is 0 Å². The third-order valence-corrected chi connectivity index (χ3v) is 16.5. The van der Waals surface area contributed by atoms with E-state index in [4.69, 9.17) is 20.1 Å². The average molecular weight is 1150 g/mol. The number of amides is 1. The molecule has 0 fully saturated rings. The number of tetrazole rings is 2. The van der Waals surface area contributed by atoms with Gasteiger partial charge in [-0.3, -0.25) is 24.7 Å². The molecular formula is C65H39N17O2S2. The Morgan fingerprint density at radius 2 is 0.721 bits per heavy atom. The van der Waals surface area contributed by atoms with Crippen LogP contribution in [0.5, 0.6) is 0 Å². The third-order valence-electron chi connectivity index (χ3n) is 15.9. The van der Waals surface area contributed by atoms with Crippen LogP contribution in [0.2, 0.25) is 0 Å². The maximum atomic E-state index is 12.5. The molecular weight excluding hydrogens is 1110 g/mol. The highest BCUT2D eigenvalue weighted by Gasteiger charge is 2.22. The summed E-state index contributed by atoms with van der Waals surface area (Å²) < 4.78 is 18.3. The second-order valence-electron chi connectivity index (χ2n) is 20.6. The first kappa shape index (κ1) is 49.1. The van der Waals surface area contributed by atoms with Gasteiger partial charge in [-0.1, -0.05) is 36.4 Å². The maximum Gasteiger partial charge on any atom is 0.248 e. The second-order valence-corrected chi connectivity index (χ2v) is 21.4. The molecule has 0 aliphatic rings. The van der Waals surface area contributed by atoms with Gasteiger partial charge in [0.15, 0.2) is 0 Å². The molecule has 19 nitrogen and oxygen atoms in total. The monoisotopic (exact) mass is 1150 g/mol. The lowest BCUT2D eigenvalue weighted by Gasteiger charge is -2.14. The Morgan fingerprint density at radius 3 is 1.13 bits per heavy atom. The van der Waals surface area contributed by atoms with E-state index in [1.165, 1.54) is 0 Å². The summed E-state index contributed by atoms with van der Waals surface area (Å²) in [5.41, 5.74) is 24.5. The largest absolute Gasteiger partial charge is 0.456 e. The van der Waals surface area contributed by atoms with Crippen LogP contribution in [-0.4, -0.2) is 84.5 Å². The van der Waals surface area contributed by atoms with E-state index in [9.17, 15) is 4.79 Å². The van der Waals surface area contributed by atoms with Crippen LogP contribution < -0.4 is 5.73 Å². The van der Waals surface area contributed by atoms with Crippen molar-refractivity contribution in [1.29, 1.82) is 0 Å². The quantitative estimate of drug-likeness (QED) is 0.127. The first-order valence-electron chi connectivity index (χ1n) is 27.2. The number of nitrogens with two attached hydrogens (primary N) is 1. The minimum Gasteiger partial charge on any atom is -0.456 e. The van der Waals surface area contributed by atoms with Crippen LogP contribution in [0.1, 0.15) is 10.4 Å². The Balaban J connectivity index is 0.000000144. The number of hydrogen-bond acceptors (Lipinski definition) is 14. The fourth-order valence-corrected chi connectivity index (χ4v) is 12.7. The van der Waals surface area contributed by atoms with Crippen molar-refractivity contribution in [2.24, 2.45) is 5.73 Å². The maximum absolute atomic E-state index is 12.5. The SMILES string of the molecule is NC(=O)c1cc(-n2c3ccccc3c3ncccc32)cc(-n2c3ccccc3c3ncccc32)c1.Sc1nnnn1-c1ccc2c(c1)c1ncccc1n2-c1ccc2oc3ccc(-n4c5ccc(-n6nnnc6S)cc5c5ncccc54)cc3c2c1. The summed E-state index contributed by atoms with van der Waals surface area (Å²) in [6.07, 6.45) is 7.22. The number of furan rings is 1. The van der Waals surface area contributed by atoms with Gasteiger partial charge < -0.3 is 28.4 Å². The summed E-state index contributed by atoms with van der Waals surface area (Å²) in [6, 6.07) is 62.8. The van der Waals surface area contributed by atoms with E-state index < -0.39 is 5.91 Å². The third kappa shape index (κ3) is 7.47. The number of para-hydroxylation sites is 2. The second kappa shape index (κ2) is 19.0. The summed E-state index contributed by atoms with van der Waals surface area (Å²) >= 11 is 8.82. The molecule has 11 aromatic heterocycles. The van der Waals surface area contributed by atoms with Gasteiger partial charge in [-0.15, -0.1) is 35.5 Å². The number of benzene rings is 7. The number of thiol groups is 2. The number of hydrogen-bond donors (Lipinski definition) is 3. The van der Waals surface area contributed by atoms with E-state index in [1.54, 1.807) is 21.8 Å². The molecule has 21 heteroatoms. The molecule has 0 saturated heterocycles. The normalized spacial score (nSPS) is 11.9. The molecule has 0 spiro atoms. The smallest absolute Gasteiger partial charge is 0.248 e. The molecule has 18 aromatic rings. The van der Waals surface area contributed by atoms with Crippen LogP contribution in [0.15, 0.2) is 228 Å².